The van der Waals surface area contributed by atoms with Gasteiger partial charge in [-0.3, -0.25) is 4.79 Å². The summed E-state index contributed by atoms with van der Waals surface area (Å²) < 4.78 is 13.6. The Labute approximate surface area is 157 Å². The van der Waals surface area contributed by atoms with E-state index in [0.29, 0.717) is 24.3 Å². The van der Waals surface area contributed by atoms with E-state index in [0.717, 1.165) is 5.56 Å². The van der Waals surface area contributed by atoms with Gasteiger partial charge in [0, 0.05) is 6.54 Å². The first-order valence-electron chi connectivity index (χ1n) is 8.80. The van der Waals surface area contributed by atoms with Gasteiger partial charge in [0.15, 0.2) is 5.69 Å². The summed E-state index contributed by atoms with van der Waals surface area (Å²) in [7, 11) is 0. The molecule has 2 N–H and O–H groups in total. The van der Waals surface area contributed by atoms with Crippen LogP contribution in [0.2, 0.25) is 0 Å². The molecule has 0 saturated carbocycles. The Bertz CT molecular complexity index is 884. The van der Waals surface area contributed by atoms with E-state index in [4.69, 9.17) is 0 Å². The lowest BCUT2D eigenvalue weighted by Crippen LogP contribution is -2.27. The summed E-state index contributed by atoms with van der Waals surface area (Å²) in [6, 6.07) is 19.6. The Kier molecular flexibility index (Phi) is 6.10. The van der Waals surface area contributed by atoms with Crippen LogP contribution >= 0.6 is 0 Å². The Balaban J connectivity index is 1.52. The number of halogens is 1. The van der Waals surface area contributed by atoms with Crippen molar-refractivity contribution in [1.29, 1.82) is 0 Å². The lowest BCUT2D eigenvalue weighted by molar-refractivity contribution is 0.0934. The standard InChI is InChI=1S/C21H21FN4O/c1-15(16-7-3-2-4-8-16)24-21(27)19-11-12-20(26-25-19)23-14-13-17-9-5-6-10-18(17)22/h2-12,15H,13-14H2,1H3,(H,23,26)(H,24,27). The highest BCUT2D eigenvalue weighted by Gasteiger charge is 2.13. The summed E-state index contributed by atoms with van der Waals surface area (Å²) in [6.45, 7) is 2.44. The van der Waals surface area contributed by atoms with Crippen molar-refractivity contribution in [1.82, 2.24) is 15.5 Å². The molecule has 1 heterocycles. The van der Waals surface area contributed by atoms with Crippen LogP contribution in [0.15, 0.2) is 66.7 Å². The fourth-order valence-corrected chi connectivity index (χ4v) is 2.67. The lowest BCUT2D eigenvalue weighted by atomic mass is 10.1. The molecule has 27 heavy (non-hydrogen) atoms. The molecule has 0 bridgehead atoms. The number of hydrogen-bond acceptors (Lipinski definition) is 4. The van der Waals surface area contributed by atoms with Crippen molar-refractivity contribution in [2.75, 3.05) is 11.9 Å². The van der Waals surface area contributed by atoms with E-state index in [1.54, 1.807) is 24.3 Å². The molecule has 3 aromatic rings. The van der Waals surface area contributed by atoms with Crippen molar-refractivity contribution in [3.05, 3.63) is 89.4 Å². The van der Waals surface area contributed by atoms with E-state index in [1.807, 2.05) is 43.3 Å². The first kappa shape index (κ1) is 18.5. The quantitative estimate of drug-likeness (QED) is 0.670. The highest BCUT2D eigenvalue weighted by atomic mass is 19.1. The van der Waals surface area contributed by atoms with Gasteiger partial charge in [-0.2, -0.15) is 0 Å². The molecular weight excluding hydrogens is 343 g/mol. The SMILES string of the molecule is CC(NC(=O)c1ccc(NCCc2ccccc2F)nn1)c1ccccc1. The fraction of sp³-hybridized carbons (Fsp3) is 0.190. The van der Waals surface area contributed by atoms with E-state index in [2.05, 4.69) is 20.8 Å². The number of anilines is 1. The maximum Gasteiger partial charge on any atom is 0.272 e. The molecule has 0 aliphatic heterocycles. The molecule has 1 aromatic heterocycles. The Morgan fingerprint density at radius 1 is 1.00 bits per heavy atom. The van der Waals surface area contributed by atoms with Gasteiger partial charge >= 0.3 is 0 Å². The van der Waals surface area contributed by atoms with Gasteiger partial charge in [0.25, 0.3) is 5.91 Å². The summed E-state index contributed by atoms with van der Waals surface area (Å²) >= 11 is 0. The number of carbonyl (C=O) groups is 1. The van der Waals surface area contributed by atoms with Crippen LogP contribution in [0.3, 0.4) is 0 Å². The molecule has 0 saturated heterocycles. The average Bonchev–Trinajstić information content (AvgIpc) is 2.70. The molecule has 138 valence electrons. The van der Waals surface area contributed by atoms with E-state index in [9.17, 15) is 9.18 Å². The van der Waals surface area contributed by atoms with Gasteiger partial charge in [0.2, 0.25) is 0 Å². The molecule has 1 unspecified atom stereocenters. The molecule has 1 atom stereocenters. The number of carbonyl (C=O) groups excluding carboxylic acids is 1. The number of nitrogens with one attached hydrogen (secondary N) is 2. The van der Waals surface area contributed by atoms with Crippen LogP contribution in [0, 0.1) is 5.82 Å². The first-order chi connectivity index (χ1) is 13.1. The minimum Gasteiger partial charge on any atom is -0.368 e. The van der Waals surface area contributed by atoms with Gasteiger partial charge in [-0.25, -0.2) is 4.39 Å². The van der Waals surface area contributed by atoms with Crippen molar-refractivity contribution in [3.8, 4) is 0 Å². The number of rotatable bonds is 7. The highest BCUT2D eigenvalue weighted by molar-refractivity contribution is 5.92. The van der Waals surface area contributed by atoms with Gasteiger partial charge in [-0.05, 0) is 42.7 Å². The minimum atomic E-state index is -0.281. The Morgan fingerprint density at radius 2 is 1.74 bits per heavy atom. The number of benzene rings is 2. The maximum absolute atomic E-state index is 13.6. The van der Waals surface area contributed by atoms with Crippen LogP contribution in [-0.2, 0) is 6.42 Å². The molecule has 2 aromatic carbocycles. The third-order valence-electron chi connectivity index (χ3n) is 4.20. The normalized spacial score (nSPS) is 11.6. The van der Waals surface area contributed by atoms with E-state index in [1.165, 1.54) is 6.07 Å². The van der Waals surface area contributed by atoms with Crippen molar-refractivity contribution >= 4 is 11.7 Å². The zero-order valence-corrected chi connectivity index (χ0v) is 15.0. The molecule has 0 aliphatic rings. The second-order valence-corrected chi connectivity index (χ2v) is 6.18. The van der Waals surface area contributed by atoms with Gasteiger partial charge in [-0.15, -0.1) is 10.2 Å². The van der Waals surface area contributed by atoms with Crippen LogP contribution in [0.4, 0.5) is 10.2 Å². The summed E-state index contributed by atoms with van der Waals surface area (Å²) in [5.74, 6) is 0.0423. The summed E-state index contributed by atoms with van der Waals surface area (Å²) in [6.07, 6.45) is 0.533. The fourth-order valence-electron chi connectivity index (χ4n) is 2.67. The van der Waals surface area contributed by atoms with Crippen LogP contribution in [0.25, 0.3) is 0 Å². The zero-order chi connectivity index (χ0) is 19.1. The van der Waals surface area contributed by atoms with Crippen molar-refractivity contribution < 1.29 is 9.18 Å². The van der Waals surface area contributed by atoms with Crippen molar-refractivity contribution in [2.24, 2.45) is 0 Å². The van der Waals surface area contributed by atoms with Crippen LogP contribution < -0.4 is 10.6 Å². The number of nitrogens with zero attached hydrogens (tertiary/aromatic N) is 2. The van der Waals surface area contributed by atoms with Crippen LogP contribution in [-0.4, -0.2) is 22.6 Å². The molecule has 0 radical (unpaired) electrons. The summed E-state index contributed by atoms with van der Waals surface area (Å²) in [5.41, 5.74) is 1.91. The van der Waals surface area contributed by atoms with Gasteiger partial charge in [0.05, 0.1) is 6.04 Å². The van der Waals surface area contributed by atoms with Crippen LogP contribution in [0.1, 0.15) is 34.6 Å². The van der Waals surface area contributed by atoms with E-state index >= 15 is 0 Å². The molecule has 5 nitrogen and oxygen atoms in total. The maximum atomic E-state index is 13.6. The average molecular weight is 364 g/mol. The minimum absolute atomic E-state index is 0.126. The molecule has 0 aliphatic carbocycles. The van der Waals surface area contributed by atoms with E-state index in [-0.39, 0.29) is 23.5 Å². The smallest absolute Gasteiger partial charge is 0.272 e. The first-order valence-corrected chi connectivity index (χ1v) is 8.80. The number of hydrogen-bond donors (Lipinski definition) is 2. The largest absolute Gasteiger partial charge is 0.368 e. The highest BCUT2D eigenvalue weighted by Crippen LogP contribution is 2.12. The third kappa shape index (κ3) is 5.10. The Morgan fingerprint density at radius 3 is 2.44 bits per heavy atom. The second-order valence-electron chi connectivity index (χ2n) is 6.18. The number of aromatic nitrogens is 2. The van der Waals surface area contributed by atoms with Crippen LogP contribution in [0.5, 0.6) is 0 Å². The predicted octanol–water partition coefficient (Wildman–Crippen LogP) is 3.76. The van der Waals surface area contributed by atoms with Gasteiger partial charge in [-0.1, -0.05) is 48.5 Å². The monoisotopic (exact) mass is 364 g/mol. The number of amides is 1. The summed E-state index contributed by atoms with van der Waals surface area (Å²) in [4.78, 5) is 12.3. The van der Waals surface area contributed by atoms with E-state index < -0.39 is 0 Å². The molecular formula is C21H21FN4O. The van der Waals surface area contributed by atoms with Crippen molar-refractivity contribution in [3.63, 3.8) is 0 Å². The molecule has 1 amide bonds. The van der Waals surface area contributed by atoms with Gasteiger partial charge in [0.1, 0.15) is 11.6 Å². The third-order valence-corrected chi connectivity index (χ3v) is 4.20. The second kappa shape index (κ2) is 8.89. The molecule has 0 fully saturated rings. The zero-order valence-electron chi connectivity index (χ0n) is 15.0. The predicted molar refractivity (Wildman–Crippen MR) is 103 cm³/mol. The van der Waals surface area contributed by atoms with Gasteiger partial charge < -0.3 is 10.6 Å². The molecule has 3 rings (SSSR count). The van der Waals surface area contributed by atoms with Crippen molar-refractivity contribution in [2.45, 2.75) is 19.4 Å². The Hall–Kier alpha value is -3.28. The molecule has 0 spiro atoms. The topological polar surface area (TPSA) is 66.9 Å². The summed E-state index contributed by atoms with van der Waals surface area (Å²) in [5, 5.41) is 14.0. The lowest BCUT2D eigenvalue weighted by Gasteiger charge is -2.13. The molecule has 6 heteroatoms.